The number of hydrogen-bond donors (Lipinski definition) is 3. The van der Waals surface area contributed by atoms with Gasteiger partial charge in [-0.2, -0.15) is 0 Å². The summed E-state index contributed by atoms with van der Waals surface area (Å²) >= 11 is 0. The topological polar surface area (TPSA) is 237 Å². The maximum Gasteiger partial charge on any atom is 0.472 e. The number of aliphatic hydroxyl groups is 1. The maximum absolute atomic E-state index is 13.1. The van der Waals surface area contributed by atoms with Gasteiger partial charge >= 0.3 is 39.5 Å². The van der Waals surface area contributed by atoms with Gasteiger partial charge in [-0.1, -0.05) is 336 Å². The van der Waals surface area contributed by atoms with Crippen LogP contribution in [0, 0.1) is 5.92 Å². The van der Waals surface area contributed by atoms with Crippen molar-refractivity contribution in [1.82, 2.24) is 0 Å². The van der Waals surface area contributed by atoms with Gasteiger partial charge in [-0.3, -0.25) is 37.3 Å². The third-order valence-electron chi connectivity index (χ3n) is 17.6. The largest absolute Gasteiger partial charge is 0.472 e. The van der Waals surface area contributed by atoms with E-state index in [1.54, 1.807) is 0 Å². The minimum atomic E-state index is -4.95. The molecule has 0 amide bonds. The van der Waals surface area contributed by atoms with Crippen LogP contribution in [0.5, 0.6) is 0 Å². The molecular weight excluding hydrogens is 1220 g/mol. The summed E-state index contributed by atoms with van der Waals surface area (Å²) in [6, 6.07) is 0. The van der Waals surface area contributed by atoms with Crippen molar-refractivity contribution in [3.8, 4) is 0 Å². The zero-order valence-corrected chi connectivity index (χ0v) is 62.2. The molecule has 93 heavy (non-hydrogen) atoms. The summed E-state index contributed by atoms with van der Waals surface area (Å²) in [4.78, 5) is 72.5. The van der Waals surface area contributed by atoms with E-state index < -0.39 is 97.5 Å². The van der Waals surface area contributed by atoms with Crippen LogP contribution in [0.25, 0.3) is 0 Å². The Morgan fingerprint density at radius 3 is 0.763 bits per heavy atom. The van der Waals surface area contributed by atoms with Crippen molar-refractivity contribution in [1.29, 1.82) is 0 Å². The van der Waals surface area contributed by atoms with E-state index in [2.05, 4.69) is 34.6 Å². The van der Waals surface area contributed by atoms with E-state index in [4.69, 9.17) is 37.0 Å². The SMILES string of the molecule is CCCCCCCCCCCCCCCCCCCCCC(=O)O[C@H](COC(=O)CCCCCCCCCCCCCCCCC)COP(=O)(O)OC[C@@H](O)COP(=O)(O)OC[C@@H](COC(=O)CCCCCCC)OC(=O)CCCCCCCCCCCCC(C)CC. The minimum Gasteiger partial charge on any atom is -0.462 e. The van der Waals surface area contributed by atoms with Crippen LogP contribution in [0.1, 0.15) is 388 Å². The van der Waals surface area contributed by atoms with Gasteiger partial charge in [0.2, 0.25) is 0 Å². The van der Waals surface area contributed by atoms with Crippen molar-refractivity contribution >= 4 is 39.5 Å². The molecule has 3 unspecified atom stereocenters. The predicted molar refractivity (Wildman–Crippen MR) is 377 cm³/mol. The molecule has 0 saturated heterocycles. The first-order chi connectivity index (χ1) is 45.1. The van der Waals surface area contributed by atoms with E-state index in [1.165, 1.54) is 205 Å². The van der Waals surface area contributed by atoms with Crippen LogP contribution in [0.3, 0.4) is 0 Å². The van der Waals surface area contributed by atoms with Crippen LogP contribution in [0.4, 0.5) is 0 Å². The summed E-state index contributed by atoms with van der Waals surface area (Å²) in [6.07, 6.45) is 55.8. The minimum absolute atomic E-state index is 0.106. The molecule has 0 radical (unpaired) electrons. The Morgan fingerprint density at radius 1 is 0.301 bits per heavy atom. The van der Waals surface area contributed by atoms with Crippen LogP contribution in [0.2, 0.25) is 0 Å². The molecular formula is C74H144O17P2. The van der Waals surface area contributed by atoms with Gasteiger partial charge in [-0.15, -0.1) is 0 Å². The summed E-state index contributed by atoms with van der Waals surface area (Å²) in [5.41, 5.74) is 0. The standard InChI is InChI=1S/C74H144O17P2/c1-6-10-13-16-18-20-22-24-26-27-28-29-31-33-35-40-44-49-54-59-74(79)91-70(64-85-72(77)58-53-48-43-39-34-32-30-25-23-21-19-17-14-11-7-2)66-89-93(82,83)87-62-68(75)61-86-92(80,81)88-65-69(63-84-71(76)57-52-46-15-12-8-3)90-73(78)60-55-50-45-41-37-36-38-42-47-51-56-67(5)9-4/h67-70,75H,6-66H2,1-5H3,(H,80,81)(H,82,83)/t67?,68-,69+,70+/m0/s1. The van der Waals surface area contributed by atoms with Gasteiger partial charge in [-0.25, -0.2) is 9.13 Å². The summed E-state index contributed by atoms with van der Waals surface area (Å²) < 4.78 is 68.2. The number of unbranched alkanes of at least 4 members (excludes halogenated alkanes) is 45. The van der Waals surface area contributed by atoms with Crippen LogP contribution in [-0.4, -0.2) is 96.7 Å². The first-order valence-corrected chi connectivity index (χ1v) is 41.7. The average molecular weight is 1370 g/mol. The number of phosphoric ester groups is 2. The van der Waals surface area contributed by atoms with E-state index in [0.717, 1.165) is 102 Å². The number of ether oxygens (including phenoxy) is 4. The van der Waals surface area contributed by atoms with E-state index in [1.807, 2.05) is 0 Å². The number of carbonyl (C=O) groups excluding carboxylic acids is 4. The van der Waals surface area contributed by atoms with Gasteiger partial charge in [0.05, 0.1) is 26.4 Å². The molecule has 0 saturated carbocycles. The summed E-state index contributed by atoms with van der Waals surface area (Å²) in [5, 5.41) is 10.6. The summed E-state index contributed by atoms with van der Waals surface area (Å²) in [7, 11) is -9.90. The number of carbonyl (C=O) groups is 4. The molecule has 552 valence electrons. The fourth-order valence-corrected chi connectivity index (χ4v) is 12.9. The Morgan fingerprint density at radius 2 is 0.516 bits per heavy atom. The molecule has 0 fully saturated rings. The molecule has 19 heteroatoms. The Bertz CT molecular complexity index is 1790. The van der Waals surface area contributed by atoms with Crippen LogP contribution >= 0.6 is 15.6 Å². The van der Waals surface area contributed by atoms with Gasteiger partial charge in [0.15, 0.2) is 12.2 Å². The van der Waals surface area contributed by atoms with Crippen LogP contribution in [-0.2, 0) is 65.4 Å². The van der Waals surface area contributed by atoms with E-state index in [9.17, 15) is 43.2 Å². The van der Waals surface area contributed by atoms with E-state index in [0.29, 0.717) is 25.7 Å². The smallest absolute Gasteiger partial charge is 0.462 e. The highest BCUT2D eigenvalue weighted by Crippen LogP contribution is 2.45. The van der Waals surface area contributed by atoms with Gasteiger partial charge in [0.1, 0.15) is 19.3 Å². The van der Waals surface area contributed by atoms with Gasteiger partial charge in [0.25, 0.3) is 0 Å². The lowest BCUT2D eigenvalue weighted by Crippen LogP contribution is -2.30. The second-order valence-electron chi connectivity index (χ2n) is 26.9. The zero-order valence-electron chi connectivity index (χ0n) is 60.4. The Labute approximate surface area is 568 Å². The molecule has 0 aromatic heterocycles. The third kappa shape index (κ3) is 67.0. The highest BCUT2D eigenvalue weighted by Gasteiger charge is 2.30. The number of aliphatic hydroxyl groups excluding tert-OH is 1. The van der Waals surface area contributed by atoms with Crippen molar-refractivity contribution in [2.45, 2.75) is 406 Å². The number of hydrogen-bond acceptors (Lipinski definition) is 15. The zero-order chi connectivity index (χ0) is 68.4. The van der Waals surface area contributed by atoms with Crippen molar-refractivity contribution in [3.63, 3.8) is 0 Å². The fourth-order valence-electron chi connectivity index (χ4n) is 11.3. The highest BCUT2D eigenvalue weighted by molar-refractivity contribution is 7.47. The van der Waals surface area contributed by atoms with Gasteiger partial charge in [-0.05, 0) is 31.6 Å². The Kier molecular flexibility index (Phi) is 65.9. The molecule has 0 heterocycles. The Hall–Kier alpha value is -1.94. The quantitative estimate of drug-likeness (QED) is 0.0222. The van der Waals surface area contributed by atoms with E-state index >= 15 is 0 Å². The summed E-state index contributed by atoms with van der Waals surface area (Å²) in [5.74, 6) is -1.32. The second-order valence-corrected chi connectivity index (χ2v) is 29.8. The van der Waals surface area contributed by atoms with E-state index in [-0.39, 0.29) is 25.7 Å². The molecule has 17 nitrogen and oxygen atoms in total. The van der Waals surface area contributed by atoms with Crippen molar-refractivity contribution < 1.29 is 80.2 Å². The molecule has 0 aliphatic carbocycles. The van der Waals surface area contributed by atoms with Crippen molar-refractivity contribution in [2.24, 2.45) is 5.92 Å². The highest BCUT2D eigenvalue weighted by atomic mass is 31.2. The summed E-state index contributed by atoms with van der Waals surface area (Å²) in [6.45, 7) is 7.22. The molecule has 0 aromatic carbocycles. The third-order valence-corrected chi connectivity index (χ3v) is 19.5. The molecule has 6 atom stereocenters. The second kappa shape index (κ2) is 67.3. The monoisotopic (exact) mass is 1370 g/mol. The van der Waals surface area contributed by atoms with Crippen molar-refractivity contribution in [3.05, 3.63) is 0 Å². The van der Waals surface area contributed by atoms with Crippen LogP contribution < -0.4 is 0 Å². The lowest BCUT2D eigenvalue weighted by Gasteiger charge is -2.21. The maximum atomic E-state index is 13.1. The molecule has 0 aliphatic heterocycles. The normalized spacial score (nSPS) is 14.3. The Balaban J connectivity index is 5.14. The first-order valence-electron chi connectivity index (χ1n) is 38.7. The number of esters is 4. The molecule has 0 spiro atoms. The number of phosphoric acid groups is 2. The fraction of sp³-hybridized carbons (Fsp3) is 0.946. The first kappa shape index (κ1) is 91.1. The number of rotatable bonds is 74. The van der Waals surface area contributed by atoms with Gasteiger partial charge < -0.3 is 33.8 Å². The molecule has 0 aliphatic rings. The van der Waals surface area contributed by atoms with Gasteiger partial charge in [0, 0.05) is 25.7 Å². The molecule has 0 bridgehead atoms. The van der Waals surface area contributed by atoms with Crippen LogP contribution in [0.15, 0.2) is 0 Å². The molecule has 0 rings (SSSR count). The lowest BCUT2D eigenvalue weighted by molar-refractivity contribution is -0.161. The molecule has 3 N–H and O–H groups in total. The lowest BCUT2D eigenvalue weighted by atomic mass is 9.99. The average Bonchev–Trinajstić information content (AvgIpc) is 2.54. The van der Waals surface area contributed by atoms with Crippen molar-refractivity contribution in [2.75, 3.05) is 39.6 Å². The predicted octanol–water partition coefficient (Wildman–Crippen LogP) is 21.7. The molecule has 0 aromatic rings.